The number of aliphatic hydroxyl groups is 1. The minimum absolute atomic E-state index is 0.00996. The first kappa shape index (κ1) is 8.25. The summed E-state index contributed by atoms with van der Waals surface area (Å²) in [5.74, 6) is 0.594. The number of hydrogen-bond acceptors (Lipinski definition) is 2. The second-order valence-corrected chi connectivity index (χ2v) is 5.43. The van der Waals surface area contributed by atoms with Gasteiger partial charge < -0.3 is 10.0 Å². The number of aliphatic hydroxyl groups excluding tert-OH is 1. The van der Waals surface area contributed by atoms with Crippen LogP contribution in [0.3, 0.4) is 0 Å². The molecule has 2 aliphatic carbocycles. The molecule has 13 heavy (non-hydrogen) atoms. The van der Waals surface area contributed by atoms with E-state index in [1.54, 1.807) is 0 Å². The Hall–Kier alpha value is -0.0800. The molecule has 1 aliphatic heterocycles. The van der Waals surface area contributed by atoms with Gasteiger partial charge in [0.15, 0.2) is 0 Å². The molecule has 3 fully saturated rings. The Morgan fingerprint density at radius 1 is 1.23 bits per heavy atom. The van der Waals surface area contributed by atoms with Gasteiger partial charge in [0, 0.05) is 19.6 Å². The number of nitrogens with zero attached hydrogens (tertiary/aromatic N) is 1. The molecule has 1 N–H and O–H groups in total. The highest BCUT2D eigenvalue weighted by molar-refractivity contribution is 5.05. The molecule has 2 saturated carbocycles. The third-order valence-corrected chi connectivity index (χ3v) is 4.19. The van der Waals surface area contributed by atoms with Gasteiger partial charge in [-0.05, 0) is 37.0 Å². The van der Waals surface area contributed by atoms with Gasteiger partial charge in [-0.1, -0.05) is 6.42 Å². The molecule has 2 atom stereocenters. The molecule has 2 unspecified atom stereocenters. The molecule has 1 saturated heterocycles. The van der Waals surface area contributed by atoms with Crippen molar-refractivity contribution < 1.29 is 5.11 Å². The van der Waals surface area contributed by atoms with Gasteiger partial charge in [0.25, 0.3) is 0 Å². The fourth-order valence-corrected chi connectivity index (χ4v) is 3.09. The fourth-order valence-electron chi connectivity index (χ4n) is 3.09. The van der Waals surface area contributed by atoms with Gasteiger partial charge in [0.2, 0.25) is 0 Å². The Labute approximate surface area is 79.9 Å². The lowest BCUT2D eigenvalue weighted by Gasteiger charge is -2.41. The van der Waals surface area contributed by atoms with Gasteiger partial charge in [0.05, 0.1) is 6.10 Å². The highest BCUT2D eigenvalue weighted by Gasteiger charge is 2.52. The Balaban J connectivity index is 1.47. The predicted octanol–water partition coefficient (Wildman–Crippen LogP) is 1.24. The average Bonchev–Trinajstić information content (AvgIpc) is 2.72. The van der Waals surface area contributed by atoms with Gasteiger partial charge in [-0.25, -0.2) is 0 Å². The van der Waals surface area contributed by atoms with Crippen LogP contribution in [0.5, 0.6) is 0 Å². The Bertz CT molecular complexity index is 204. The van der Waals surface area contributed by atoms with E-state index in [0.717, 1.165) is 11.8 Å². The molecule has 2 heteroatoms. The number of hydrogen-bond donors (Lipinski definition) is 1. The molecule has 2 nitrogen and oxygen atoms in total. The van der Waals surface area contributed by atoms with E-state index in [9.17, 15) is 5.11 Å². The van der Waals surface area contributed by atoms with Crippen LogP contribution in [0, 0.1) is 11.3 Å². The van der Waals surface area contributed by atoms with E-state index in [1.165, 1.54) is 45.3 Å². The monoisotopic (exact) mass is 181 g/mol. The molecule has 74 valence electrons. The van der Waals surface area contributed by atoms with Crippen molar-refractivity contribution in [1.82, 2.24) is 4.90 Å². The second-order valence-electron chi connectivity index (χ2n) is 5.43. The minimum atomic E-state index is 0.00996. The van der Waals surface area contributed by atoms with Crippen molar-refractivity contribution in [2.24, 2.45) is 11.3 Å². The fraction of sp³-hybridized carbons (Fsp3) is 1.00. The summed E-state index contributed by atoms with van der Waals surface area (Å²) >= 11 is 0. The quantitative estimate of drug-likeness (QED) is 0.693. The van der Waals surface area contributed by atoms with Crippen molar-refractivity contribution in [3.63, 3.8) is 0 Å². The zero-order valence-corrected chi connectivity index (χ0v) is 8.21. The third kappa shape index (κ3) is 1.40. The van der Waals surface area contributed by atoms with Crippen molar-refractivity contribution >= 4 is 0 Å². The molecule has 0 radical (unpaired) electrons. The minimum Gasteiger partial charge on any atom is -0.393 e. The van der Waals surface area contributed by atoms with E-state index in [-0.39, 0.29) is 6.10 Å². The smallest absolute Gasteiger partial charge is 0.0580 e. The van der Waals surface area contributed by atoms with E-state index >= 15 is 0 Å². The number of rotatable bonds is 2. The Morgan fingerprint density at radius 3 is 2.54 bits per heavy atom. The van der Waals surface area contributed by atoms with E-state index < -0.39 is 0 Å². The predicted molar refractivity (Wildman–Crippen MR) is 51.5 cm³/mol. The summed E-state index contributed by atoms with van der Waals surface area (Å²) in [7, 11) is 0. The molecule has 0 bridgehead atoms. The SMILES string of the molecule is OC1CCCC1CN1CC2(CC2)C1. The summed E-state index contributed by atoms with van der Waals surface area (Å²) in [6.07, 6.45) is 6.49. The van der Waals surface area contributed by atoms with Crippen molar-refractivity contribution in [3.8, 4) is 0 Å². The first-order valence-electron chi connectivity index (χ1n) is 5.68. The normalized spacial score (nSPS) is 42.2. The van der Waals surface area contributed by atoms with E-state index in [4.69, 9.17) is 0 Å². The molecule has 3 rings (SSSR count). The standard InChI is InChI=1S/C11H19NO/c13-10-3-1-2-9(10)6-12-7-11(8-12)4-5-11/h9-10,13H,1-8H2. The summed E-state index contributed by atoms with van der Waals surface area (Å²) in [6, 6.07) is 0. The van der Waals surface area contributed by atoms with Crippen molar-refractivity contribution in [2.75, 3.05) is 19.6 Å². The molecule has 0 amide bonds. The zero-order valence-electron chi connectivity index (χ0n) is 8.21. The third-order valence-electron chi connectivity index (χ3n) is 4.19. The van der Waals surface area contributed by atoms with Crippen LogP contribution in [0.25, 0.3) is 0 Å². The zero-order chi connectivity index (χ0) is 8.89. The molecule has 1 spiro atoms. The summed E-state index contributed by atoms with van der Waals surface area (Å²) < 4.78 is 0. The van der Waals surface area contributed by atoms with Crippen LogP contribution in [0.2, 0.25) is 0 Å². The van der Waals surface area contributed by atoms with E-state index in [0.29, 0.717) is 5.92 Å². The lowest BCUT2D eigenvalue weighted by molar-refractivity contribution is 0.0342. The van der Waals surface area contributed by atoms with Crippen LogP contribution in [-0.2, 0) is 0 Å². The van der Waals surface area contributed by atoms with Gasteiger partial charge in [-0.15, -0.1) is 0 Å². The lowest BCUT2D eigenvalue weighted by atomic mass is 9.94. The van der Waals surface area contributed by atoms with Crippen molar-refractivity contribution in [1.29, 1.82) is 0 Å². The van der Waals surface area contributed by atoms with Crippen LogP contribution in [0.15, 0.2) is 0 Å². The highest BCUT2D eigenvalue weighted by atomic mass is 16.3. The van der Waals surface area contributed by atoms with Crippen molar-refractivity contribution in [2.45, 2.75) is 38.2 Å². The Morgan fingerprint density at radius 2 is 2.00 bits per heavy atom. The van der Waals surface area contributed by atoms with Crippen LogP contribution in [0.1, 0.15) is 32.1 Å². The van der Waals surface area contributed by atoms with Gasteiger partial charge in [-0.3, -0.25) is 0 Å². The maximum atomic E-state index is 9.68. The highest BCUT2D eigenvalue weighted by Crippen LogP contribution is 2.53. The van der Waals surface area contributed by atoms with Crippen LogP contribution >= 0.6 is 0 Å². The van der Waals surface area contributed by atoms with E-state index in [2.05, 4.69) is 4.90 Å². The average molecular weight is 181 g/mol. The summed E-state index contributed by atoms with van der Waals surface area (Å²) in [4.78, 5) is 2.55. The molecule has 3 aliphatic rings. The summed E-state index contributed by atoms with van der Waals surface area (Å²) in [5.41, 5.74) is 0.781. The topological polar surface area (TPSA) is 23.5 Å². The van der Waals surface area contributed by atoms with Gasteiger partial charge >= 0.3 is 0 Å². The maximum Gasteiger partial charge on any atom is 0.0580 e. The van der Waals surface area contributed by atoms with Gasteiger partial charge in [0.1, 0.15) is 0 Å². The molecule has 0 aromatic rings. The lowest BCUT2D eigenvalue weighted by Crippen LogP contribution is -2.50. The van der Waals surface area contributed by atoms with Crippen LogP contribution in [0.4, 0.5) is 0 Å². The largest absolute Gasteiger partial charge is 0.393 e. The van der Waals surface area contributed by atoms with E-state index in [1.807, 2.05) is 0 Å². The molecule has 1 heterocycles. The summed E-state index contributed by atoms with van der Waals surface area (Å²) in [5, 5.41) is 9.68. The summed E-state index contributed by atoms with van der Waals surface area (Å²) in [6.45, 7) is 3.83. The van der Waals surface area contributed by atoms with Crippen molar-refractivity contribution in [3.05, 3.63) is 0 Å². The second kappa shape index (κ2) is 2.71. The Kier molecular flexibility index (Phi) is 1.72. The maximum absolute atomic E-state index is 9.68. The molecular weight excluding hydrogens is 162 g/mol. The molecule has 0 aromatic carbocycles. The number of likely N-dealkylation sites (tertiary alicyclic amines) is 1. The van der Waals surface area contributed by atoms with Gasteiger partial charge in [-0.2, -0.15) is 0 Å². The van der Waals surface area contributed by atoms with Crippen LogP contribution in [-0.4, -0.2) is 35.7 Å². The van der Waals surface area contributed by atoms with Crippen LogP contribution < -0.4 is 0 Å². The molecular formula is C11H19NO. The first-order chi connectivity index (χ1) is 6.27. The molecule has 0 aromatic heterocycles. The first-order valence-corrected chi connectivity index (χ1v) is 5.68.